The van der Waals surface area contributed by atoms with Gasteiger partial charge in [-0.1, -0.05) is 12.1 Å². The molecule has 0 spiro atoms. The van der Waals surface area contributed by atoms with Crippen molar-refractivity contribution in [1.29, 1.82) is 0 Å². The van der Waals surface area contributed by atoms with E-state index in [1.54, 1.807) is 32.2 Å². The number of hydrogen-bond acceptors (Lipinski definition) is 6. The van der Waals surface area contributed by atoms with Crippen molar-refractivity contribution in [3.63, 3.8) is 0 Å². The molecule has 0 fully saturated rings. The summed E-state index contributed by atoms with van der Waals surface area (Å²) in [4.78, 5) is 12.4. The third-order valence-electron chi connectivity index (χ3n) is 5.47. The summed E-state index contributed by atoms with van der Waals surface area (Å²) in [6, 6.07) is 8.24. The van der Waals surface area contributed by atoms with E-state index in [9.17, 15) is 13.2 Å². The summed E-state index contributed by atoms with van der Waals surface area (Å²) in [5, 5.41) is 0. The topological polar surface area (TPSA) is 82.1 Å². The van der Waals surface area contributed by atoms with E-state index < -0.39 is 22.0 Å². The minimum Gasteiger partial charge on any atom is -0.493 e. The van der Waals surface area contributed by atoms with E-state index in [4.69, 9.17) is 14.2 Å². The van der Waals surface area contributed by atoms with E-state index >= 15 is 0 Å². The lowest BCUT2D eigenvalue weighted by molar-refractivity contribution is -0.141. The molecule has 2 aromatic carbocycles. The van der Waals surface area contributed by atoms with Crippen LogP contribution in [0.15, 0.2) is 35.2 Å². The number of sulfonamides is 1. The highest BCUT2D eigenvalue weighted by molar-refractivity contribution is 7.89. The zero-order chi connectivity index (χ0) is 22.1. The van der Waals surface area contributed by atoms with Crippen molar-refractivity contribution >= 4 is 16.0 Å². The minimum atomic E-state index is -3.84. The van der Waals surface area contributed by atoms with Crippen LogP contribution in [0.2, 0.25) is 0 Å². The Labute approximate surface area is 177 Å². The number of aryl methyl sites for hydroxylation is 2. The lowest BCUT2D eigenvalue weighted by atomic mass is 9.91. The minimum absolute atomic E-state index is 0.0942. The zero-order valence-electron chi connectivity index (χ0n) is 17.9. The number of methoxy groups -OCH3 is 3. The molecule has 0 N–H and O–H groups in total. The van der Waals surface area contributed by atoms with Crippen LogP contribution in [0.1, 0.15) is 34.7 Å². The summed E-state index contributed by atoms with van der Waals surface area (Å²) in [6.45, 7) is 3.88. The largest absolute Gasteiger partial charge is 0.493 e. The molecule has 0 amide bonds. The molecule has 1 heterocycles. The van der Waals surface area contributed by atoms with Crippen molar-refractivity contribution in [2.75, 3.05) is 27.9 Å². The van der Waals surface area contributed by atoms with E-state index in [2.05, 4.69) is 0 Å². The number of benzene rings is 2. The Hall–Kier alpha value is -2.58. The Bertz CT molecular complexity index is 1060. The fourth-order valence-corrected chi connectivity index (χ4v) is 5.77. The first kappa shape index (κ1) is 22.1. The summed E-state index contributed by atoms with van der Waals surface area (Å²) in [6.07, 6.45) is 0.403. The molecular formula is C22H27NO6S. The van der Waals surface area contributed by atoms with Crippen LogP contribution < -0.4 is 9.47 Å². The van der Waals surface area contributed by atoms with Crippen molar-refractivity contribution in [1.82, 2.24) is 4.31 Å². The van der Waals surface area contributed by atoms with E-state index in [-0.39, 0.29) is 17.9 Å². The molecule has 0 aliphatic carbocycles. The second-order valence-corrected chi connectivity index (χ2v) is 9.20. The maximum atomic E-state index is 13.6. The molecule has 0 radical (unpaired) electrons. The second kappa shape index (κ2) is 8.65. The molecule has 8 heteroatoms. The average molecular weight is 434 g/mol. The SMILES string of the molecule is COC(=O)CC1c2cc(OC)c(OC)cc2CCN1S(=O)(=O)c1cc(C)ccc1C. The lowest BCUT2D eigenvalue weighted by Crippen LogP contribution is -2.41. The maximum absolute atomic E-state index is 13.6. The highest BCUT2D eigenvalue weighted by Gasteiger charge is 2.39. The molecule has 1 atom stereocenters. The Morgan fingerprint density at radius 1 is 1.07 bits per heavy atom. The van der Waals surface area contributed by atoms with E-state index in [0.717, 1.165) is 16.7 Å². The average Bonchev–Trinajstić information content (AvgIpc) is 2.74. The van der Waals surface area contributed by atoms with Crippen molar-refractivity contribution in [2.24, 2.45) is 0 Å². The molecule has 162 valence electrons. The first-order chi connectivity index (χ1) is 14.2. The zero-order valence-corrected chi connectivity index (χ0v) is 18.7. The molecule has 3 rings (SSSR count). The van der Waals surface area contributed by atoms with E-state index in [1.807, 2.05) is 19.1 Å². The molecule has 1 aliphatic heterocycles. The lowest BCUT2D eigenvalue weighted by Gasteiger charge is -2.36. The Morgan fingerprint density at radius 3 is 2.37 bits per heavy atom. The smallest absolute Gasteiger partial charge is 0.307 e. The molecule has 30 heavy (non-hydrogen) atoms. The number of ether oxygens (including phenoxy) is 3. The number of carbonyl (C=O) groups excluding carboxylic acids is 1. The van der Waals surface area contributed by atoms with Crippen LogP contribution in [0.3, 0.4) is 0 Å². The Kier molecular flexibility index (Phi) is 6.38. The predicted molar refractivity (Wildman–Crippen MR) is 112 cm³/mol. The second-order valence-electron chi connectivity index (χ2n) is 7.34. The van der Waals surface area contributed by atoms with Crippen LogP contribution in [0.4, 0.5) is 0 Å². The summed E-state index contributed by atoms with van der Waals surface area (Å²) < 4.78 is 44.4. The number of hydrogen-bond donors (Lipinski definition) is 0. The molecule has 0 saturated carbocycles. The highest BCUT2D eigenvalue weighted by Crippen LogP contribution is 2.42. The summed E-state index contributed by atoms with van der Waals surface area (Å²) in [5.74, 6) is 0.569. The molecule has 1 unspecified atom stereocenters. The number of esters is 1. The quantitative estimate of drug-likeness (QED) is 0.651. The van der Waals surface area contributed by atoms with Crippen molar-refractivity contribution in [3.8, 4) is 11.5 Å². The van der Waals surface area contributed by atoms with Crippen LogP contribution in [0, 0.1) is 13.8 Å². The van der Waals surface area contributed by atoms with Crippen LogP contribution in [-0.2, 0) is 26.0 Å². The van der Waals surface area contributed by atoms with Gasteiger partial charge >= 0.3 is 5.97 Å². The monoisotopic (exact) mass is 433 g/mol. The van der Waals surface area contributed by atoms with Crippen LogP contribution >= 0.6 is 0 Å². The third-order valence-corrected chi connectivity index (χ3v) is 7.52. The number of fused-ring (bicyclic) bond motifs is 1. The van der Waals surface area contributed by atoms with Crippen molar-refractivity contribution < 1.29 is 27.4 Å². The summed E-state index contributed by atoms with van der Waals surface area (Å²) in [7, 11) is 0.526. The fraction of sp³-hybridized carbons (Fsp3) is 0.409. The number of rotatable bonds is 6. The first-order valence-corrected chi connectivity index (χ1v) is 11.1. The van der Waals surface area contributed by atoms with Gasteiger partial charge in [0.05, 0.1) is 38.7 Å². The first-order valence-electron chi connectivity index (χ1n) is 9.63. The van der Waals surface area contributed by atoms with Gasteiger partial charge in [0.1, 0.15) is 0 Å². The van der Waals surface area contributed by atoms with Crippen molar-refractivity contribution in [3.05, 3.63) is 52.6 Å². The summed E-state index contributed by atoms with van der Waals surface area (Å²) in [5.41, 5.74) is 3.16. The van der Waals surface area contributed by atoms with Gasteiger partial charge < -0.3 is 14.2 Å². The van der Waals surface area contributed by atoms with Gasteiger partial charge in [-0.2, -0.15) is 4.31 Å². The van der Waals surface area contributed by atoms with Gasteiger partial charge in [0.2, 0.25) is 10.0 Å². The maximum Gasteiger partial charge on any atom is 0.307 e. The van der Waals surface area contributed by atoms with Gasteiger partial charge in [-0.05, 0) is 60.7 Å². The molecule has 0 saturated heterocycles. The fourth-order valence-electron chi connectivity index (χ4n) is 3.86. The standard InChI is InChI=1S/C22H27NO6S/c1-14-6-7-15(2)21(10-14)30(25,26)23-9-8-16-11-19(27-3)20(28-4)12-17(16)18(23)13-22(24)29-5/h6-7,10-12,18H,8-9,13H2,1-5H3. The molecule has 1 aliphatic rings. The van der Waals surface area contributed by atoms with Gasteiger partial charge in [0.15, 0.2) is 11.5 Å². The molecule has 2 aromatic rings. The van der Waals surface area contributed by atoms with Crippen LogP contribution in [0.25, 0.3) is 0 Å². The third kappa shape index (κ3) is 4.02. The Balaban J connectivity index is 2.15. The predicted octanol–water partition coefficient (Wildman–Crippen LogP) is 3.17. The van der Waals surface area contributed by atoms with Gasteiger partial charge in [0.25, 0.3) is 0 Å². The number of nitrogens with zero attached hydrogens (tertiary/aromatic N) is 1. The van der Waals surface area contributed by atoms with Gasteiger partial charge in [-0.15, -0.1) is 0 Å². The summed E-state index contributed by atoms with van der Waals surface area (Å²) >= 11 is 0. The van der Waals surface area contributed by atoms with Gasteiger partial charge in [-0.3, -0.25) is 4.79 Å². The van der Waals surface area contributed by atoms with Crippen LogP contribution in [-0.4, -0.2) is 46.6 Å². The van der Waals surface area contributed by atoms with Crippen molar-refractivity contribution in [2.45, 2.75) is 37.6 Å². The van der Waals surface area contributed by atoms with E-state index in [1.165, 1.54) is 18.5 Å². The van der Waals surface area contributed by atoms with Gasteiger partial charge in [0, 0.05) is 6.54 Å². The van der Waals surface area contributed by atoms with E-state index in [0.29, 0.717) is 23.5 Å². The normalized spacial score (nSPS) is 16.6. The Morgan fingerprint density at radius 2 is 1.73 bits per heavy atom. The highest BCUT2D eigenvalue weighted by atomic mass is 32.2. The van der Waals surface area contributed by atoms with Crippen LogP contribution in [0.5, 0.6) is 11.5 Å². The van der Waals surface area contributed by atoms with Gasteiger partial charge in [-0.25, -0.2) is 8.42 Å². The molecule has 0 aromatic heterocycles. The molecular weight excluding hydrogens is 406 g/mol. The number of carbonyl (C=O) groups is 1. The molecule has 0 bridgehead atoms. The molecule has 7 nitrogen and oxygen atoms in total.